The summed E-state index contributed by atoms with van der Waals surface area (Å²) >= 11 is 5.89. The van der Waals surface area contributed by atoms with Crippen molar-refractivity contribution in [2.45, 2.75) is 19.4 Å². The molecule has 3 nitrogen and oxygen atoms in total. The van der Waals surface area contributed by atoms with Gasteiger partial charge < -0.3 is 10.5 Å². The standard InChI is InChI=1S/C11H14ClNO2/c1-7-3-8(5-9(12)4-7)10(13)6-11(14)15-2/h3-5,10H,6,13H2,1-2H3. The van der Waals surface area contributed by atoms with Crippen molar-refractivity contribution in [3.63, 3.8) is 0 Å². The Kier molecular flexibility index (Phi) is 4.12. The summed E-state index contributed by atoms with van der Waals surface area (Å²) in [5.41, 5.74) is 7.73. The Balaban J connectivity index is 2.81. The molecule has 0 fully saturated rings. The van der Waals surface area contributed by atoms with Crippen LogP contribution in [0.1, 0.15) is 23.6 Å². The molecule has 0 aromatic heterocycles. The SMILES string of the molecule is COC(=O)CC(N)c1cc(C)cc(Cl)c1. The normalized spacial score (nSPS) is 12.3. The number of carbonyl (C=O) groups is 1. The Morgan fingerprint density at radius 1 is 1.53 bits per heavy atom. The smallest absolute Gasteiger partial charge is 0.307 e. The lowest BCUT2D eigenvalue weighted by molar-refractivity contribution is -0.141. The van der Waals surface area contributed by atoms with Gasteiger partial charge in [-0.15, -0.1) is 0 Å². The van der Waals surface area contributed by atoms with E-state index in [0.29, 0.717) is 5.02 Å². The van der Waals surface area contributed by atoms with Crippen LogP contribution in [0, 0.1) is 6.92 Å². The van der Waals surface area contributed by atoms with E-state index in [2.05, 4.69) is 4.74 Å². The van der Waals surface area contributed by atoms with Crippen LogP contribution in [0.15, 0.2) is 18.2 Å². The topological polar surface area (TPSA) is 52.3 Å². The second-order valence-corrected chi connectivity index (χ2v) is 3.89. The zero-order valence-corrected chi connectivity index (χ0v) is 9.54. The van der Waals surface area contributed by atoms with E-state index in [-0.39, 0.29) is 18.4 Å². The Labute approximate surface area is 94.2 Å². The number of hydrogen-bond acceptors (Lipinski definition) is 3. The molecule has 1 aromatic rings. The summed E-state index contributed by atoms with van der Waals surface area (Å²) < 4.78 is 4.55. The summed E-state index contributed by atoms with van der Waals surface area (Å²) in [6.07, 6.45) is 0.163. The Morgan fingerprint density at radius 3 is 2.73 bits per heavy atom. The molecule has 0 aliphatic carbocycles. The van der Waals surface area contributed by atoms with Gasteiger partial charge in [0, 0.05) is 11.1 Å². The molecule has 1 atom stereocenters. The van der Waals surface area contributed by atoms with Crippen molar-refractivity contribution in [2.75, 3.05) is 7.11 Å². The highest BCUT2D eigenvalue weighted by Crippen LogP contribution is 2.21. The van der Waals surface area contributed by atoms with Crippen molar-refractivity contribution in [1.82, 2.24) is 0 Å². The quantitative estimate of drug-likeness (QED) is 0.806. The van der Waals surface area contributed by atoms with Crippen LogP contribution < -0.4 is 5.73 Å². The van der Waals surface area contributed by atoms with Crippen molar-refractivity contribution < 1.29 is 9.53 Å². The van der Waals surface area contributed by atoms with Crippen molar-refractivity contribution >= 4 is 17.6 Å². The molecular formula is C11H14ClNO2. The van der Waals surface area contributed by atoms with Gasteiger partial charge in [-0.05, 0) is 30.2 Å². The first-order chi connectivity index (χ1) is 7.02. The minimum atomic E-state index is -0.366. The Hall–Kier alpha value is -1.06. The largest absolute Gasteiger partial charge is 0.469 e. The molecule has 0 aliphatic rings. The van der Waals surface area contributed by atoms with Gasteiger partial charge >= 0.3 is 5.97 Å². The average Bonchev–Trinajstić information content (AvgIpc) is 2.16. The van der Waals surface area contributed by atoms with E-state index in [1.165, 1.54) is 7.11 Å². The molecule has 0 radical (unpaired) electrons. The van der Waals surface area contributed by atoms with Gasteiger partial charge in [-0.25, -0.2) is 0 Å². The van der Waals surface area contributed by atoms with Gasteiger partial charge in [-0.3, -0.25) is 4.79 Å². The van der Waals surface area contributed by atoms with Crippen LogP contribution in [-0.2, 0) is 9.53 Å². The first-order valence-corrected chi connectivity index (χ1v) is 5.00. The summed E-state index contributed by atoms with van der Waals surface area (Å²) in [7, 11) is 1.35. The average molecular weight is 228 g/mol. The van der Waals surface area contributed by atoms with Gasteiger partial charge in [-0.1, -0.05) is 17.7 Å². The van der Waals surface area contributed by atoms with Crippen molar-refractivity contribution in [3.05, 3.63) is 34.3 Å². The zero-order valence-electron chi connectivity index (χ0n) is 8.79. The molecular weight excluding hydrogens is 214 g/mol. The number of benzene rings is 1. The van der Waals surface area contributed by atoms with Crippen LogP contribution in [0.3, 0.4) is 0 Å². The van der Waals surface area contributed by atoms with E-state index >= 15 is 0 Å². The highest BCUT2D eigenvalue weighted by Gasteiger charge is 2.12. The van der Waals surface area contributed by atoms with Crippen LogP contribution in [0.5, 0.6) is 0 Å². The van der Waals surface area contributed by atoms with E-state index < -0.39 is 0 Å². The molecule has 2 N–H and O–H groups in total. The third kappa shape index (κ3) is 3.53. The number of ether oxygens (including phenoxy) is 1. The second-order valence-electron chi connectivity index (χ2n) is 3.45. The fourth-order valence-corrected chi connectivity index (χ4v) is 1.66. The number of nitrogens with two attached hydrogens (primary N) is 1. The van der Waals surface area contributed by atoms with Gasteiger partial charge in [-0.2, -0.15) is 0 Å². The summed E-state index contributed by atoms with van der Waals surface area (Å²) in [6.45, 7) is 1.93. The third-order valence-corrected chi connectivity index (χ3v) is 2.33. The highest BCUT2D eigenvalue weighted by atomic mass is 35.5. The molecule has 82 valence electrons. The van der Waals surface area contributed by atoms with E-state index in [4.69, 9.17) is 17.3 Å². The highest BCUT2D eigenvalue weighted by molar-refractivity contribution is 6.30. The molecule has 4 heteroatoms. The van der Waals surface area contributed by atoms with Gasteiger partial charge in [0.25, 0.3) is 0 Å². The zero-order chi connectivity index (χ0) is 11.4. The number of aryl methyl sites for hydroxylation is 1. The molecule has 0 spiro atoms. The maximum atomic E-state index is 11.0. The number of esters is 1. The molecule has 15 heavy (non-hydrogen) atoms. The summed E-state index contributed by atoms with van der Waals surface area (Å²) in [6, 6.07) is 5.16. The fourth-order valence-electron chi connectivity index (χ4n) is 1.36. The molecule has 0 aliphatic heterocycles. The molecule has 1 rings (SSSR count). The number of rotatable bonds is 3. The maximum Gasteiger partial charge on any atom is 0.307 e. The number of carbonyl (C=O) groups excluding carboxylic acids is 1. The van der Waals surface area contributed by atoms with E-state index in [0.717, 1.165) is 11.1 Å². The maximum absolute atomic E-state index is 11.0. The van der Waals surface area contributed by atoms with E-state index in [1.54, 1.807) is 6.07 Å². The molecule has 1 aromatic carbocycles. The molecule has 0 bridgehead atoms. The monoisotopic (exact) mass is 227 g/mol. The first kappa shape index (κ1) is 12.0. The number of hydrogen-bond donors (Lipinski definition) is 1. The second kappa shape index (κ2) is 5.14. The van der Waals surface area contributed by atoms with Crippen molar-refractivity contribution in [1.29, 1.82) is 0 Å². The van der Waals surface area contributed by atoms with Crippen molar-refractivity contribution in [2.24, 2.45) is 5.73 Å². The third-order valence-electron chi connectivity index (χ3n) is 2.11. The van der Waals surface area contributed by atoms with Crippen LogP contribution in [0.4, 0.5) is 0 Å². The van der Waals surface area contributed by atoms with Gasteiger partial charge in [0.15, 0.2) is 0 Å². The van der Waals surface area contributed by atoms with Crippen molar-refractivity contribution in [3.8, 4) is 0 Å². The summed E-state index contributed by atoms with van der Waals surface area (Å²) in [5.74, 6) is -0.319. The number of halogens is 1. The Morgan fingerprint density at radius 2 is 2.20 bits per heavy atom. The first-order valence-electron chi connectivity index (χ1n) is 4.62. The molecule has 0 amide bonds. The number of methoxy groups -OCH3 is 1. The molecule has 0 heterocycles. The van der Waals surface area contributed by atoms with Crippen LogP contribution in [0.25, 0.3) is 0 Å². The minimum absolute atomic E-state index is 0.163. The molecule has 0 saturated heterocycles. The van der Waals surface area contributed by atoms with Crippen LogP contribution in [-0.4, -0.2) is 13.1 Å². The lowest BCUT2D eigenvalue weighted by Gasteiger charge is -2.11. The summed E-state index contributed by atoms with van der Waals surface area (Å²) in [4.78, 5) is 11.0. The molecule has 1 unspecified atom stereocenters. The Bertz CT molecular complexity index is 345. The summed E-state index contributed by atoms with van der Waals surface area (Å²) in [5, 5.41) is 0.630. The molecule has 0 saturated carbocycles. The lowest BCUT2D eigenvalue weighted by atomic mass is 10.0. The van der Waals surface area contributed by atoms with Crippen LogP contribution in [0.2, 0.25) is 5.02 Å². The van der Waals surface area contributed by atoms with E-state index in [1.807, 2.05) is 19.1 Å². The minimum Gasteiger partial charge on any atom is -0.469 e. The predicted molar refractivity (Wildman–Crippen MR) is 59.8 cm³/mol. The van der Waals surface area contributed by atoms with Gasteiger partial charge in [0.2, 0.25) is 0 Å². The van der Waals surface area contributed by atoms with Gasteiger partial charge in [0.05, 0.1) is 13.5 Å². The van der Waals surface area contributed by atoms with E-state index in [9.17, 15) is 4.79 Å². The van der Waals surface area contributed by atoms with Gasteiger partial charge in [0.1, 0.15) is 0 Å². The predicted octanol–water partition coefficient (Wildman–Crippen LogP) is 2.21. The fraction of sp³-hybridized carbons (Fsp3) is 0.364. The van der Waals surface area contributed by atoms with Crippen LogP contribution >= 0.6 is 11.6 Å². The lowest BCUT2D eigenvalue weighted by Crippen LogP contribution is -2.16.